The summed E-state index contributed by atoms with van der Waals surface area (Å²) < 4.78 is 5.26. The molecule has 0 aliphatic carbocycles. The maximum atomic E-state index is 13.0. The second-order valence-electron chi connectivity index (χ2n) is 10.1. The van der Waals surface area contributed by atoms with Gasteiger partial charge in [0.05, 0.1) is 7.11 Å². The second-order valence-corrected chi connectivity index (χ2v) is 10.1. The molecular weight excluding hydrogens is 492 g/mol. The Balaban J connectivity index is 1.30. The van der Waals surface area contributed by atoms with Crippen molar-refractivity contribution >= 4 is 23.4 Å². The third-order valence-corrected chi connectivity index (χ3v) is 7.47. The van der Waals surface area contributed by atoms with E-state index in [1.807, 2.05) is 68.4 Å². The van der Waals surface area contributed by atoms with Crippen LogP contribution in [0, 0.1) is 12.8 Å². The van der Waals surface area contributed by atoms with Crippen LogP contribution in [0.3, 0.4) is 0 Å². The number of carbonyl (C=O) groups excluding carboxylic acids is 1. The van der Waals surface area contributed by atoms with E-state index in [1.165, 1.54) is 0 Å². The number of piperidine rings is 1. The smallest absolute Gasteiger partial charge is 0.326 e. The third-order valence-electron chi connectivity index (χ3n) is 7.47. The summed E-state index contributed by atoms with van der Waals surface area (Å²) in [6, 6.07) is 16.5. The van der Waals surface area contributed by atoms with Gasteiger partial charge in [0.1, 0.15) is 17.6 Å². The molecule has 1 atom stereocenters. The van der Waals surface area contributed by atoms with E-state index in [2.05, 4.69) is 20.5 Å². The number of carboxylic acid groups (broad SMARTS) is 1. The van der Waals surface area contributed by atoms with Crippen molar-refractivity contribution in [3.63, 3.8) is 0 Å². The van der Waals surface area contributed by atoms with Gasteiger partial charge in [-0.25, -0.2) is 9.78 Å². The molecule has 1 aromatic heterocycles. The molecule has 1 saturated heterocycles. The second kappa shape index (κ2) is 13.1. The number of nitrogens with one attached hydrogen (secondary N) is 2. The number of aliphatic carboxylic acids is 1. The summed E-state index contributed by atoms with van der Waals surface area (Å²) in [5.41, 5.74) is 4.33. The molecule has 1 aliphatic heterocycles. The Morgan fingerprint density at radius 2 is 1.87 bits per heavy atom. The minimum Gasteiger partial charge on any atom is -0.497 e. The first-order chi connectivity index (χ1) is 18.9. The summed E-state index contributed by atoms with van der Waals surface area (Å²) in [6.07, 6.45) is 4.82. The van der Waals surface area contributed by atoms with E-state index >= 15 is 0 Å². The summed E-state index contributed by atoms with van der Waals surface area (Å²) in [5.74, 6) is 0.801. The van der Waals surface area contributed by atoms with Crippen LogP contribution in [0.1, 0.15) is 46.8 Å². The van der Waals surface area contributed by atoms with Crippen LogP contribution in [-0.2, 0) is 17.6 Å². The minimum absolute atomic E-state index is 0.223. The van der Waals surface area contributed by atoms with Crippen LogP contribution in [0.2, 0.25) is 0 Å². The molecule has 0 saturated carbocycles. The fourth-order valence-electron chi connectivity index (χ4n) is 5.14. The van der Waals surface area contributed by atoms with Gasteiger partial charge in [0.2, 0.25) is 0 Å². The molecule has 2 aromatic carbocycles. The van der Waals surface area contributed by atoms with Gasteiger partial charge < -0.3 is 25.4 Å². The number of aromatic nitrogens is 1. The first-order valence-corrected chi connectivity index (χ1v) is 13.6. The summed E-state index contributed by atoms with van der Waals surface area (Å²) in [5, 5.41) is 16.0. The van der Waals surface area contributed by atoms with E-state index in [0.717, 1.165) is 66.4 Å². The average Bonchev–Trinajstić information content (AvgIpc) is 2.96. The number of carboxylic acids is 1. The number of nitrogens with zero attached hydrogens (tertiary/aromatic N) is 2. The van der Waals surface area contributed by atoms with Gasteiger partial charge in [0, 0.05) is 49.6 Å². The monoisotopic (exact) mass is 530 g/mol. The molecule has 3 aromatic rings. The molecule has 206 valence electrons. The summed E-state index contributed by atoms with van der Waals surface area (Å²) in [4.78, 5) is 31.7. The first kappa shape index (κ1) is 28.0. The van der Waals surface area contributed by atoms with Gasteiger partial charge in [-0.05, 0) is 67.0 Å². The number of carbonyl (C=O) groups is 2. The largest absolute Gasteiger partial charge is 0.497 e. The van der Waals surface area contributed by atoms with Crippen LogP contribution in [0.4, 0.5) is 11.5 Å². The number of hydrogen-bond donors (Lipinski definition) is 3. The van der Waals surface area contributed by atoms with Crippen molar-refractivity contribution in [2.75, 3.05) is 37.0 Å². The van der Waals surface area contributed by atoms with E-state index in [0.29, 0.717) is 17.9 Å². The van der Waals surface area contributed by atoms with Crippen LogP contribution < -0.4 is 20.3 Å². The van der Waals surface area contributed by atoms with Crippen LogP contribution >= 0.6 is 0 Å². The molecule has 8 nitrogen and oxygen atoms in total. The van der Waals surface area contributed by atoms with Crippen LogP contribution in [0.5, 0.6) is 5.75 Å². The predicted octanol–water partition coefficient (Wildman–Crippen LogP) is 4.72. The highest BCUT2D eigenvalue weighted by Crippen LogP contribution is 2.25. The van der Waals surface area contributed by atoms with E-state index in [1.54, 1.807) is 13.3 Å². The zero-order chi connectivity index (χ0) is 27.8. The van der Waals surface area contributed by atoms with Crippen molar-refractivity contribution in [2.45, 2.75) is 45.6 Å². The Hall–Kier alpha value is -4.07. The van der Waals surface area contributed by atoms with Crippen molar-refractivity contribution < 1.29 is 19.4 Å². The van der Waals surface area contributed by atoms with Gasteiger partial charge in [-0.15, -0.1) is 0 Å². The number of ether oxygens (including phenoxy) is 1. The van der Waals surface area contributed by atoms with E-state index < -0.39 is 12.0 Å². The van der Waals surface area contributed by atoms with Gasteiger partial charge >= 0.3 is 5.97 Å². The van der Waals surface area contributed by atoms with Gasteiger partial charge in [-0.1, -0.05) is 37.3 Å². The lowest BCUT2D eigenvalue weighted by Crippen LogP contribution is -2.42. The molecular formula is C31H38N4O4. The molecule has 0 bridgehead atoms. The highest BCUT2D eigenvalue weighted by molar-refractivity contribution is 5.99. The number of hydrogen-bond acceptors (Lipinski definition) is 6. The molecule has 2 heterocycles. The molecule has 1 aliphatic rings. The van der Waals surface area contributed by atoms with Crippen LogP contribution in [0.25, 0.3) is 0 Å². The zero-order valence-corrected chi connectivity index (χ0v) is 22.9. The number of benzene rings is 2. The normalized spacial score (nSPS) is 14.5. The van der Waals surface area contributed by atoms with Crippen molar-refractivity contribution in [1.82, 2.24) is 10.3 Å². The van der Waals surface area contributed by atoms with E-state index in [-0.39, 0.29) is 12.3 Å². The molecule has 1 amide bonds. The summed E-state index contributed by atoms with van der Waals surface area (Å²) >= 11 is 0. The standard InChI is InChI=1S/C31H38N4O4/c1-4-24-7-5-6-21(2)29(24)30(36)34-27(31(37)38)18-22-8-10-25(11-9-22)35-16-13-23(14-17-35)20-33-28-19-26(39-3)12-15-32-28/h5-12,15,19,23,27H,4,13-14,16-18,20H2,1-3H3,(H,32,33)(H,34,36)(H,37,38). The maximum Gasteiger partial charge on any atom is 0.326 e. The predicted molar refractivity (Wildman–Crippen MR) is 154 cm³/mol. The molecule has 4 rings (SSSR count). The van der Waals surface area contributed by atoms with Gasteiger partial charge in [-0.2, -0.15) is 0 Å². The van der Waals surface area contributed by atoms with Crippen molar-refractivity contribution in [2.24, 2.45) is 5.92 Å². The van der Waals surface area contributed by atoms with Crippen molar-refractivity contribution in [3.05, 3.63) is 83.0 Å². The van der Waals surface area contributed by atoms with Gasteiger partial charge in [0.15, 0.2) is 0 Å². The van der Waals surface area contributed by atoms with E-state index in [4.69, 9.17) is 4.74 Å². The molecule has 3 N–H and O–H groups in total. The lowest BCUT2D eigenvalue weighted by atomic mass is 9.96. The SMILES string of the molecule is CCc1cccc(C)c1C(=O)NC(Cc1ccc(N2CCC(CNc3cc(OC)ccn3)CC2)cc1)C(=O)O. The first-order valence-electron chi connectivity index (χ1n) is 13.6. The van der Waals surface area contributed by atoms with Crippen molar-refractivity contribution in [3.8, 4) is 5.75 Å². The number of anilines is 2. The number of rotatable bonds is 11. The highest BCUT2D eigenvalue weighted by atomic mass is 16.5. The van der Waals surface area contributed by atoms with E-state index in [9.17, 15) is 14.7 Å². The van der Waals surface area contributed by atoms with Crippen LogP contribution in [-0.4, -0.2) is 54.8 Å². The molecule has 0 spiro atoms. The lowest BCUT2D eigenvalue weighted by molar-refractivity contribution is -0.139. The molecule has 0 radical (unpaired) electrons. The number of methoxy groups -OCH3 is 1. The van der Waals surface area contributed by atoms with Gasteiger partial charge in [-0.3, -0.25) is 4.79 Å². The van der Waals surface area contributed by atoms with Crippen molar-refractivity contribution in [1.29, 1.82) is 0 Å². The Morgan fingerprint density at radius 1 is 1.13 bits per heavy atom. The Bertz CT molecular complexity index is 1270. The Kier molecular flexibility index (Phi) is 9.41. The third kappa shape index (κ3) is 7.28. The highest BCUT2D eigenvalue weighted by Gasteiger charge is 2.24. The topological polar surface area (TPSA) is 104 Å². The Morgan fingerprint density at radius 3 is 2.54 bits per heavy atom. The fourth-order valence-corrected chi connectivity index (χ4v) is 5.14. The number of amides is 1. The quantitative estimate of drug-likeness (QED) is 0.330. The molecule has 1 unspecified atom stereocenters. The number of aryl methyl sites for hydroxylation is 2. The number of pyridine rings is 1. The summed E-state index contributed by atoms with van der Waals surface area (Å²) in [7, 11) is 1.65. The maximum absolute atomic E-state index is 13.0. The Labute approximate surface area is 230 Å². The summed E-state index contributed by atoms with van der Waals surface area (Å²) in [6.45, 7) is 6.65. The fraction of sp³-hybridized carbons (Fsp3) is 0.387. The zero-order valence-electron chi connectivity index (χ0n) is 22.9. The minimum atomic E-state index is -1.04. The lowest BCUT2D eigenvalue weighted by Gasteiger charge is -2.34. The van der Waals surface area contributed by atoms with Crippen LogP contribution in [0.15, 0.2) is 60.8 Å². The molecule has 39 heavy (non-hydrogen) atoms. The molecule has 8 heteroatoms. The van der Waals surface area contributed by atoms with Gasteiger partial charge in [0.25, 0.3) is 5.91 Å². The average molecular weight is 531 g/mol. The molecule has 1 fully saturated rings.